The average Bonchev–Trinajstić information content (AvgIpc) is 2.28. The third kappa shape index (κ3) is 3.05. The molecule has 0 aromatic carbocycles. The maximum atomic E-state index is 11.8. The first-order chi connectivity index (χ1) is 8.01. The van der Waals surface area contributed by atoms with Crippen LogP contribution in [0.5, 0.6) is 0 Å². The van der Waals surface area contributed by atoms with Crippen molar-refractivity contribution in [1.82, 2.24) is 4.98 Å². The van der Waals surface area contributed by atoms with Gasteiger partial charge in [-0.1, -0.05) is 20.8 Å². The Morgan fingerprint density at radius 2 is 2.06 bits per heavy atom. The number of carbonyl (C=O) groups is 1. The molecule has 0 spiro atoms. The minimum absolute atomic E-state index is 0.276. The molecule has 0 aliphatic carbocycles. The maximum Gasteiger partial charge on any atom is 0.339 e. The van der Waals surface area contributed by atoms with Crippen molar-refractivity contribution in [3.63, 3.8) is 0 Å². The van der Waals surface area contributed by atoms with Crippen molar-refractivity contribution in [3.05, 3.63) is 28.6 Å². The molecular formula is C14H21NO2. The second-order valence-corrected chi connectivity index (χ2v) is 4.39. The number of rotatable bonds is 4. The van der Waals surface area contributed by atoms with Crippen LogP contribution in [0.2, 0.25) is 0 Å². The second-order valence-electron chi connectivity index (χ2n) is 4.39. The molecule has 0 amide bonds. The lowest BCUT2D eigenvalue weighted by atomic mass is 9.97. The molecule has 0 atom stereocenters. The highest BCUT2D eigenvalue weighted by atomic mass is 16.5. The molecule has 0 fully saturated rings. The summed E-state index contributed by atoms with van der Waals surface area (Å²) < 4.78 is 5.04. The van der Waals surface area contributed by atoms with E-state index in [1.54, 1.807) is 0 Å². The van der Waals surface area contributed by atoms with Crippen LogP contribution in [0.15, 0.2) is 6.07 Å². The van der Waals surface area contributed by atoms with Gasteiger partial charge in [-0.05, 0) is 37.8 Å². The summed E-state index contributed by atoms with van der Waals surface area (Å²) in [7, 11) is 0. The summed E-state index contributed by atoms with van der Waals surface area (Å²) in [5, 5.41) is 0. The molecule has 0 bridgehead atoms. The van der Waals surface area contributed by atoms with Crippen molar-refractivity contribution in [1.29, 1.82) is 0 Å². The Kier molecular flexibility index (Phi) is 4.67. The number of aryl methyl sites for hydroxylation is 2. The summed E-state index contributed by atoms with van der Waals surface area (Å²) in [5.74, 6) is 0.0910. The monoisotopic (exact) mass is 235 g/mol. The SMILES string of the molecule is CCOC(=O)c1cc(C(C)C)c(CC)nc1C. The van der Waals surface area contributed by atoms with Gasteiger partial charge in [0.15, 0.2) is 0 Å². The lowest BCUT2D eigenvalue weighted by Gasteiger charge is -2.14. The van der Waals surface area contributed by atoms with E-state index in [-0.39, 0.29) is 5.97 Å². The van der Waals surface area contributed by atoms with Crippen molar-refractivity contribution in [3.8, 4) is 0 Å². The van der Waals surface area contributed by atoms with Crippen LogP contribution in [0.4, 0.5) is 0 Å². The number of nitrogens with zero attached hydrogens (tertiary/aromatic N) is 1. The van der Waals surface area contributed by atoms with Crippen LogP contribution in [0.3, 0.4) is 0 Å². The van der Waals surface area contributed by atoms with E-state index in [2.05, 4.69) is 25.8 Å². The smallest absolute Gasteiger partial charge is 0.339 e. The van der Waals surface area contributed by atoms with Gasteiger partial charge < -0.3 is 4.74 Å². The van der Waals surface area contributed by atoms with Gasteiger partial charge in [0, 0.05) is 5.69 Å². The highest BCUT2D eigenvalue weighted by molar-refractivity contribution is 5.90. The molecule has 1 aromatic heterocycles. The topological polar surface area (TPSA) is 39.2 Å². The molecule has 1 heterocycles. The van der Waals surface area contributed by atoms with Crippen LogP contribution >= 0.6 is 0 Å². The predicted octanol–water partition coefficient (Wildman–Crippen LogP) is 3.25. The van der Waals surface area contributed by atoms with Crippen molar-refractivity contribution < 1.29 is 9.53 Å². The minimum atomic E-state index is -0.276. The van der Waals surface area contributed by atoms with Crippen LogP contribution in [-0.2, 0) is 11.2 Å². The van der Waals surface area contributed by atoms with E-state index >= 15 is 0 Å². The molecule has 0 unspecified atom stereocenters. The van der Waals surface area contributed by atoms with Gasteiger partial charge in [0.25, 0.3) is 0 Å². The van der Waals surface area contributed by atoms with E-state index in [0.717, 1.165) is 23.4 Å². The van der Waals surface area contributed by atoms with E-state index in [1.807, 2.05) is 19.9 Å². The summed E-state index contributed by atoms with van der Waals surface area (Å²) in [6, 6.07) is 1.93. The van der Waals surface area contributed by atoms with Gasteiger partial charge in [0.05, 0.1) is 17.9 Å². The van der Waals surface area contributed by atoms with Crippen molar-refractivity contribution >= 4 is 5.97 Å². The van der Waals surface area contributed by atoms with E-state index in [1.165, 1.54) is 0 Å². The summed E-state index contributed by atoms with van der Waals surface area (Å²) in [6.45, 7) is 10.4. The highest BCUT2D eigenvalue weighted by Gasteiger charge is 2.16. The van der Waals surface area contributed by atoms with Crippen molar-refractivity contribution in [2.24, 2.45) is 0 Å². The molecule has 1 aromatic rings. The van der Waals surface area contributed by atoms with Crippen molar-refractivity contribution in [2.75, 3.05) is 6.61 Å². The third-order valence-electron chi connectivity index (χ3n) is 2.78. The van der Waals surface area contributed by atoms with Crippen LogP contribution < -0.4 is 0 Å². The Morgan fingerprint density at radius 1 is 1.41 bits per heavy atom. The molecule has 1 rings (SSSR count). The molecule has 0 saturated heterocycles. The zero-order valence-electron chi connectivity index (χ0n) is 11.3. The third-order valence-corrected chi connectivity index (χ3v) is 2.78. The average molecular weight is 235 g/mol. The molecule has 0 aliphatic rings. The zero-order chi connectivity index (χ0) is 13.0. The molecule has 0 N–H and O–H groups in total. The van der Waals surface area contributed by atoms with E-state index < -0.39 is 0 Å². The fourth-order valence-electron chi connectivity index (χ4n) is 1.87. The molecule has 0 radical (unpaired) electrons. The Morgan fingerprint density at radius 3 is 2.53 bits per heavy atom. The molecule has 94 valence electrons. The lowest BCUT2D eigenvalue weighted by Crippen LogP contribution is -2.11. The number of esters is 1. The van der Waals surface area contributed by atoms with Gasteiger partial charge >= 0.3 is 5.97 Å². The summed E-state index contributed by atoms with van der Waals surface area (Å²) >= 11 is 0. The fraction of sp³-hybridized carbons (Fsp3) is 0.571. The largest absolute Gasteiger partial charge is 0.462 e. The number of hydrogen-bond donors (Lipinski definition) is 0. The van der Waals surface area contributed by atoms with Crippen LogP contribution in [-0.4, -0.2) is 17.6 Å². The van der Waals surface area contributed by atoms with Crippen LogP contribution in [0, 0.1) is 6.92 Å². The fourth-order valence-corrected chi connectivity index (χ4v) is 1.87. The van der Waals surface area contributed by atoms with Gasteiger partial charge in [-0.25, -0.2) is 4.79 Å². The predicted molar refractivity (Wildman–Crippen MR) is 68.4 cm³/mol. The standard InChI is InChI=1S/C14H21NO2/c1-6-13-11(9(3)4)8-12(10(5)15-13)14(16)17-7-2/h8-9H,6-7H2,1-5H3. The first kappa shape index (κ1) is 13.7. The van der Waals surface area contributed by atoms with Crippen LogP contribution in [0.1, 0.15) is 60.9 Å². The van der Waals surface area contributed by atoms with E-state index in [4.69, 9.17) is 4.74 Å². The number of hydrogen-bond acceptors (Lipinski definition) is 3. The van der Waals surface area contributed by atoms with Crippen LogP contribution in [0.25, 0.3) is 0 Å². The Hall–Kier alpha value is -1.38. The number of carbonyl (C=O) groups excluding carboxylic acids is 1. The van der Waals surface area contributed by atoms with E-state index in [9.17, 15) is 4.79 Å². The molecule has 17 heavy (non-hydrogen) atoms. The van der Waals surface area contributed by atoms with Gasteiger partial charge in [-0.2, -0.15) is 0 Å². The van der Waals surface area contributed by atoms with Gasteiger partial charge in [-0.3, -0.25) is 4.98 Å². The quantitative estimate of drug-likeness (QED) is 0.752. The number of ether oxygens (including phenoxy) is 1. The van der Waals surface area contributed by atoms with Gasteiger partial charge in [-0.15, -0.1) is 0 Å². The number of aromatic nitrogens is 1. The van der Waals surface area contributed by atoms with Gasteiger partial charge in [0.1, 0.15) is 0 Å². The Bertz CT molecular complexity index is 411. The molecule has 0 aliphatic heterocycles. The normalized spacial score (nSPS) is 10.7. The second kappa shape index (κ2) is 5.80. The molecule has 3 heteroatoms. The first-order valence-corrected chi connectivity index (χ1v) is 6.18. The molecule has 3 nitrogen and oxygen atoms in total. The minimum Gasteiger partial charge on any atom is -0.462 e. The Labute approximate surface area is 103 Å². The van der Waals surface area contributed by atoms with E-state index in [0.29, 0.717) is 18.1 Å². The van der Waals surface area contributed by atoms with Crippen molar-refractivity contribution in [2.45, 2.75) is 47.0 Å². The molecule has 0 saturated carbocycles. The summed E-state index contributed by atoms with van der Waals surface area (Å²) in [4.78, 5) is 16.3. The zero-order valence-corrected chi connectivity index (χ0v) is 11.3. The summed E-state index contributed by atoms with van der Waals surface area (Å²) in [5.41, 5.74) is 3.56. The van der Waals surface area contributed by atoms with Gasteiger partial charge in [0.2, 0.25) is 0 Å². The lowest BCUT2D eigenvalue weighted by molar-refractivity contribution is 0.0525. The Balaban J connectivity index is 3.24. The first-order valence-electron chi connectivity index (χ1n) is 6.18. The molecular weight excluding hydrogens is 214 g/mol. The summed E-state index contributed by atoms with van der Waals surface area (Å²) in [6.07, 6.45) is 0.886. The highest BCUT2D eigenvalue weighted by Crippen LogP contribution is 2.22. The maximum absolute atomic E-state index is 11.8. The number of pyridine rings is 1.